The third-order valence-corrected chi connectivity index (χ3v) is 3.06. The molecule has 0 heterocycles. The van der Waals surface area contributed by atoms with Crippen LogP contribution in [0.15, 0.2) is 34.5 Å². The van der Waals surface area contributed by atoms with Crippen molar-refractivity contribution >= 4 is 28.3 Å². The van der Waals surface area contributed by atoms with Crippen molar-refractivity contribution in [3.05, 3.63) is 39.9 Å². The summed E-state index contributed by atoms with van der Waals surface area (Å²) in [5.41, 5.74) is 6.37. The predicted octanol–water partition coefficient (Wildman–Crippen LogP) is 0.331. The van der Waals surface area contributed by atoms with Crippen molar-refractivity contribution in [2.24, 2.45) is 27.6 Å². The number of hydrogen-bond acceptors (Lipinski definition) is 7. The number of nitro groups is 1. The Kier molecular flexibility index (Phi) is 4.93. The normalized spacial score (nSPS) is 12.4. The highest BCUT2D eigenvalue weighted by atomic mass is 32.2. The lowest BCUT2D eigenvalue weighted by Crippen LogP contribution is -2.24. The molecule has 0 saturated carbocycles. The van der Waals surface area contributed by atoms with Gasteiger partial charge in [0.05, 0.1) is 4.92 Å². The summed E-state index contributed by atoms with van der Waals surface area (Å²) >= 11 is 1.24. The van der Waals surface area contributed by atoms with Crippen LogP contribution in [0.3, 0.4) is 0 Å². The van der Waals surface area contributed by atoms with Crippen molar-refractivity contribution in [1.82, 2.24) is 0 Å². The molecule has 0 unspecified atom stereocenters. The van der Waals surface area contributed by atoms with Crippen molar-refractivity contribution in [2.45, 2.75) is 5.75 Å². The van der Waals surface area contributed by atoms with E-state index < -0.39 is 4.92 Å². The number of hydrazone groups is 2. The van der Waals surface area contributed by atoms with Gasteiger partial charge in [0, 0.05) is 17.9 Å². The summed E-state index contributed by atoms with van der Waals surface area (Å²) in [6.07, 6.45) is 0. The third-order valence-electron chi connectivity index (χ3n) is 2.00. The number of nitrogens with two attached hydrogens (primary N) is 3. The van der Waals surface area contributed by atoms with E-state index in [1.54, 1.807) is 12.1 Å². The van der Waals surface area contributed by atoms with E-state index in [-0.39, 0.29) is 11.5 Å². The van der Waals surface area contributed by atoms with E-state index in [4.69, 9.17) is 17.4 Å². The fourth-order valence-electron chi connectivity index (χ4n) is 1.10. The average molecular weight is 268 g/mol. The van der Waals surface area contributed by atoms with Gasteiger partial charge >= 0.3 is 0 Å². The lowest BCUT2D eigenvalue weighted by molar-refractivity contribution is -0.384. The standard InChI is InChI=1S/C9H12N6O2S/c10-8(13-11)9(14-12)18-5-6-1-3-7(4-2-6)15(16)17/h1-4H,5,11-12H2,(H2,10,13)/b14-9-. The van der Waals surface area contributed by atoms with Gasteiger partial charge < -0.3 is 17.4 Å². The molecule has 1 rings (SSSR count). The largest absolute Gasteiger partial charge is 0.380 e. The topological polar surface area (TPSA) is 146 Å². The average Bonchev–Trinajstić information content (AvgIpc) is 2.39. The molecule has 0 aliphatic carbocycles. The number of hydrogen-bond donors (Lipinski definition) is 3. The number of nitrogens with zero attached hydrogens (tertiary/aromatic N) is 3. The van der Waals surface area contributed by atoms with E-state index in [1.165, 1.54) is 23.9 Å². The highest BCUT2D eigenvalue weighted by Crippen LogP contribution is 2.17. The van der Waals surface area contributed by atoms with Crippen LogP contribution in [0.25, 0.3) is 0 Å². The van der Waals surface area contributed by atoms with Gasteiger partial charge in [-0.2, -0.15) is 10.2 Å². The molecule has 18 heavy (non-hydrogen) atoms. The van der Waals surface area contributed by atoms with Crippen molar-refractivity contribution in [1.29, 1.82) is 0 Å². The van der Waals surface area contributed by atoms with E-state index >= 15 is 0 Å². The van der Waals surface area contributed by atoms with Crippen LogP contribution in [0, 0.1) is 10.1 Å². The third kappa shape index (κ3) is 3.63. The molecule has 0 fully saturated rings. The monoisotopic (exact) mass is 268 g/mol. The van der Waals surface area contributed by atoms with Gasteiger partial charge in [0.2, 0.25) is 0 Å². The number of benzene rings is 1. The van der Waals surface area contributed by atoms with E-state index in [0.717, 1.165) is 5.56 Å². The molecule has 8 nitrogen and oxygen atoms in total. The van der Waals surface area contributed by atoms with Gasteiger partial charge in [-0.3, -0.25) is 10.1 Å². The Bertz CT molecular complexity index is 484. The first kappa shape index (κ1) is 13.8. The number of rotatable bonds is 3. The molecule has 1 aromatic carbocycles. The quantitative estimate of drug-likeness (QED) is 0.237. The summed E-state index contributed by atoms with van der Waals surface area (Å²) in [5, 5.41) is 17.5. The molecule has 9 heteroatoms. The minimum atomic E-state index is -0.456. The Hall–Kier alpha value is -2.29. The van der Waals surface area contributed by atoms with E-state index in [0.29, 0.717) is 10.8 Å². The van der Waals surface area contributed by atoms with Crippen LogP contribution in [-0.2, 0) is 5.75 Å². The highest BCUT2D eigenvalue weighted by molar-refractivity contribution is 8.15. The lowest BCUT2D eigenvalue weighted by Gasteiger charge is -2.03. The molecule has 1 aromatic rings. The van der Waals surface area contributed by atoms with Crippen LogP contribution in [0.2, 0.25) is 0 Å². The second-order valence-electron chi connectivity index (χ2n) is 3.16. The van der Waals surface area contributed by atoms with Gasteiger partial charge in [-0.25, -0.2) is 0 Å². The van der Waals surface area contributed by atoms with Crippen molar-refractivity contribution in [2.75, 3.05) is 0 Å². The first-order valence-corrected chi connectivity index (χ1v) is 5.74. The van der Waals surface area contributed by atoms with Crippen LogP contribution in [-0.4, -0.2) is 15.8 Å². The van der Waals surface area contributed by atoms with Gasteiger partial charge in [-0.15, -0.1) is 0 Å². The van der Waals surface area contributed by atoms with E-state index in [9.17, 15) is 10.1 Å². The molecule has 0 radical (unpaired) electrons. The maximum absolute atomic E-state index is 10.5. The Morgan fingerprint density at radius 3 is 2.33 bits per heavy atom. The van der Waals surface area contributed by atoms with E-state index in [2.05, 4.69) is 10.2 Å². The Labute approximate surface area is 107 Å². The highest BCUT2D eigenvalue weighted by Gasteiger charge is 2.08. The molecule has 0 bridgehead atoms. The lowest BCUT2D eigenvalue weighted by atomic mass is 10.2. The number of thioether (sulfide) groups is 1. The predicted molar refractivity (Wildman–Crippen MR) is 71.8 cm³/mol. The molecule has 0 spiro atoms. The smallest absolute Gasteiger partial charge is 0.269 e. The Morgan fingerprint density at radius 1 is 1.28 bits per heavy atom. The van der Waals surface area contributed by atoms with Crippen molar-refractivity contribution in [3.8, 4) is 0 Å². The van der Waals surface area contributed by atoms with Crippen LogP contribution in [0.4, 0.5) is 5.69 Å². The molecular formula is C9H12N6O2S. The first-order valence-electron chi connectivity index (χ1n) is 4.76. The van der Waals surface area contributed by atoms with Crippen molar-refractivity contribution < 1.29 is 4.92 Å². The minimum Gasteiger partial charge on any atom is -0.380 e. The van der Waals surface area contributed by atoms with Crippen molar-refractivity contribution in [3.63, 3.8) is 0 Å². The van der Waals surface area contributed by atoms with Crippen LogP contribution in [0.5, 0.6) is 0 Å². The maximum atomic E-state index is 10.5. The maximum Gasteiger partial charge on any atom is 0.269 e. The number of non-ortho nitro benzene ring substituents is 1. The molecule has 0 saturated heterocycles. The summed E-state index contributed by atoms with van der Waals surface area (Å²) in [7, 11) is 0. The summed E-state index contributed by atoms with van der Waals surface area (Å²) in [6.45, 7) is 0. The molecule has 0 aliphatic rings. The van der Waals surface area contributed by atoms with Gasteiger partial charge in [-0.05, 0) is 5.56 Å². The SMILES string of the molecule is N/N=C(N)/C(=N/N)SCc1ccc([N+](=O)[O-])cc1. The second kappa shape index (κ2) is 6.45. The molecule has 96 valence electrons. The zero-order chi connectivity index (χ0) is 13.5. The summed E-state index contributed by atoms with van der Waals surface area (Å²) in [5.74, 6) is 10.7. The number of amidine groups is 1. The number of nitro benzene ring substituents is 1. The molecule has 0 aliphatic heterocycles. The zero-order valence-electron chi connectivity index (χ0n) is 9.31. The van der Waals surface area contributed by atoms with E-state index in [1.807, 2.05) is 0 Å². The van der Waals surface area contributed by atoms with Gasteiger partial charge in [-0.1, -0.05) is 23.9 Å². The van der Waals surface area contributed by atoms with Gasteiger partial charge in [0.25, 0.3) is 5.69 Å². The molecule has 0 amide bonds. The zero-order valence-corrected chi connectivity index (χ0v) is 10.1. The summed E-state index contributed by atoms with van der Waals surface area (Å²) in [4.78, 5) is 10.0. The second-order valence-corrected chi connectivity index (χ2v) is 4.12. The van der Waals surface area contributed by atoms with Gasteiger partial charge in [0.15, 0.2) is 10.9 Å². The van der Waals surface area contributed by atoms with Crippen LogP contribution >= 0.6 is 11.8 Å². The molecular weight excluding hydrogens is 256 g/mol. The van der Waals surface area contributed by atoms with Crippen LogP contribution < -0.4 is 17.4 Å². The minimum absolute atomic E-state index is 0.0412. The Morgan fingerprint density at radius 2 is 1.89 bits per heavy atom. The Balaban J connectivity index is 2.66. The molecule has 6 N–H and O–H groups in total. The fraction of sp³-hybridized carbons (Fsp3) is 0.111. The fourth-order valence-corrected chi connectivity index (χ4v) is 1.87. The first-order chi connectivity index (χ1) is 8.58. The molecule has 0 atom stereocenters. The summed E-state index contributed by atoms with van der Waals surface area (Å²) in [6, 6.07) is 6.15. The summed E-state index contributed by atoms with van der Waals surface area (Å²) < 4.78 is 0. The molecule has 0 aromatic heterocycles. The van der Waals surface area contributed by atoms with Crippen LogP contribution in [0.1, 0.15) is 5.56 Å². The van der Waals surface area contributed by atoms with Gasteiger partial charge in [0.1, 0.15) is 0 Å².